The number of ether oxygens (including phenoxy) is 1. The average Bonchev–Trinajstić information content (AvgIpc) is 3.36. The molecular formula is C26H30N2O3. The third kappa shape index (κ3) is 5.00. The maximum absolute atomic E-state index is 12.8. The summed E-state index contributed by atoms with van der Waals surface area (Å²) in [5, 5.41) is 3.02. The number of hydrogen-bond acceptors (Lipinski definition) is 4. The second-order valence-electron chi connectivity index (χ2n) is 8.43. The van der Waals surface area contributed by atoms with Crippen LogP contribution in [0.25, 0.3) is 0 Å². The maximum Gasteiger partial charge on any atom is 0.255 e. The Balaban J connectivity index is 1.37. The van der Waals surface area contributed by atoms with Crippen molar-refractivity contribution in [3.05, 3.63) is 88.9 Å². The van der Waals surface area contributed by atoms with Gasteiger partial charge in [0.25, 0.3) is 5.91 Å². The highest BCUT2D eigenvalue weighted by Crippen LogP contribution is 2.33. The summed E-state index contributed by atoms with van der Waals surface area (Å²) in [6, 6.07) is 18.7. The SMILES string of the molecule is CC(C)OCc1ccc(CNC(=O)c2ccoc2CN2c3ccccc3CC2C)cc1. The van der Waals surface area contributed by atoms with Crippen molar-refractivity contribution in [2.75, 3.05) is 4.90 Å². The first kappa shape index (κ1) is 21.2. The molecule has 0 saturated heterocycles. The molecule has 1 aliphatic heterocycles. The molecule has 2 heterocycles. The van der Waals surface area contributed by atoms with Gasteiger partial charge in [0.2, 0.25) is 0 Å². The number of hydrogen-bond donors (Lipinski definition) is 1. The molecule has 0 radical (unpaired) electrons. The molecule has 1 aliphatic rings. The van der Waals surface area contributed by atoms with Crippen LogP contribution in [0.1, 0.15) is 53.6 Å². The first-order valence-corrected chi connectivity index (χ1v) is 10.9. The van der Waals surface area contributed by atoms with Gasteiger partial charge in [-0.05, 0) is 56.0 Å². The molecule has 1 aromatic heterocycles. The number of anilines is 1. The van der Waals surface area contributed by atoms with Crippen LogP contribution < -0.4 is 10.2 Å². The van der Waals surface area contributed by atoms with Gasteiger partial charge in [-0.15, -0.1) is 0 Å². The Morgan fingerprint density at radius 1 is 1.13 bits per heavy atom. The molecule has 162 valence electrons. The molecule has 0 bridgehead atoms. The number of nitrogens with zero attached hydrogens (tertiary/aromatic N) is 1. The third-order valence-electron chi connectivity index (χ3n) is 5.71. The number of nitrogens with one attached hydrogen (secondary N) is 1. The van der Waals surface area contributed by atoms with Gasteiger partial charge in [0.05, 0.1) is 31.1 Å². The van der Waals surface area contributed by atoms with Gasteiger partial charge >= 0.3 is 0 Å². The third-order valence-corrected chi connectivity index (χ3v) is 5.71. The zero-order valence-corrected chi connectivity index (χ0v) is 18.4. The summed E-state index contributed by atoms with van der Waals surface area (Å²) in [4.78, 5) is 15.1. The fraction of sp³-hybridized carbons (Fsp3) is 0.346. The smallest absolute Gasteiger partial charge is 0.255 e. The van der Waals surface area contributed by atoms with Gasteiger partial charge in [0, 0.05) is 18.3 Å². The number of carbonyl (C=O) groups is 1. The Morgan fingerprint density at radius 2 is 1.87 bits per heavy atom. The second-order valence-corrected chi connectivity index (χ2v) is 8.43. The predicted molar refractivity (Wildman–Crippen MR) is 122 cm³/mol. The van der Waals surface area contributed by atoms with Gasteiger partial charge in [-0.1, -0.05) is 42.5 Å². The molecule has 4 rings (SSSR count). The number of rotatable bonds is 8. The fourth-order valence-corrected chi connectivity index (χ4v) is 3.98. The van der Waals surface area contributed by atoms with Crippen LogP contribution >= 0.6 is 0 Å². The number of amides is 1. The van der Waals surface area contributed by atoms with Crippen LogP contribution in [0.4, 0.5) is 5.69 Å². The van der Waals surface area contributed by atoms with Gasteiger partial charge in [-0.3, -0.25) is 4.79 Å². The molecule has 0 aliphatic carbocycles. The number of fused-ring (bicyclic) bond motifs is 1. The van der Waals surface area contributed by atoms with E-state index < -0.39 is 0 Å². The summed E-state index contributed by atoms with van der Waals surface area (Å²) in [6.07, 6.45) is 2.82. The van der Waals surface area contributed by atoms with Crippen molar-refractivity contribution < 1.29 is 13.9 Å². The van der Waals surface area contributed by atoms with Crippen molar-refractivity contribution in [1.29, 1.82) is 0 Å². The number of furan rings is 1. The molecule has 1 atom stereocenters. The summed E-state index contributed by atoms with van der Waals surface area (Å²) < 4.78 is 11.3. The maximum atomic E-state index is 12.8. The van der Waals surface area contributed by atoms with E-state index in [1.807, 2.05) is 38.1 Å². The van der Waals surface area contributed by atoms with Gasteiger partial charge in [0.15, 0.2) is 0 Å². The van der Waals surface area contributed by atoms with E-state index in [0.29, 0.717) is 37.1 Å². The Kier molecular flexibility index (Phi) is 6.42. The van der Waals surface area contributed by atoms with Gasteiger partial charge in [0.1, 0.15) is 5.76 Å². The highest BCUT2D eigenvalue weighted by Gasteiger charge is 2.27. The molecule has 1 unspecified atom stereocenters. The summed E-state index contributed by atoms with van der Waals surface area (Å²) in [7, 11) is 0. The van der Waals surface area contributed by atoms with Gasteiger partial charge in [-0.25, -0.2) is 0 Å². The molecule has 31 heavy (non-hydrogen) atoms. The summed E-state index contributed by atoms with van der Waals surface area (Å²) in [5.74, 6) is 0.582. The van der Waals surface area contributed by atoms with Crippen LogP contribution in [0.2, 0.25) is 0 Å². The number of para-hydroxylation sites is 1. The predicted octanol–water partition coefficient (Wildman–Crippen LogP) is 5.09. The molecule has 5 heteroatoms. The fourth-order valence-electron chi connectivity index (χ4n) is 3.98. The van der Waals surface area contributed by atoms with E-state index in [0.717, 1.165) is 17.5 Å². The summed E-state index contributed by atoms with van der Waals surface area (Å²) in [6.45, 7) is 7.91. The quantitative estimate of drug-likeness (QED) is 0.554. The van der Waals surface area contributed by atoms with Crippen molar-refractivity contribution in [1.82, 2.24) is 5.32 Å². The molecule has 3 aromatic rings. The first-order valence-electron chi connectivity index (χ1n) is 10.9. The minimum absolute atomic E-state index is 0.115. The van der Waals surface area contributed by atoms with Crippen LogP contribution in [0.3, 0.4) is 0 Å². The Labute approximate surface area is 184 Å². The standard InChI is InChI=1S/C26H30N2O3/c1-18(2)31-17-21-10-8-20(9-11-21)15-27-26(29)23-12-13-30-25(23)16-28-19(3)14-22-6-4-5-7-24(22)28/h4-13,18-19H,14-17H2,1-3H3,(H,27,29). The minimum Gasteiger partial charge on any atom is -0.467 e. The van der Waals surface area contributed by atoms with E-state index in [2.05, 4.69) is 41.4 Å². The van der Waals surface area contributed by atoms with Crippen molar-refractivity contribution in [2.45, 2.75) is 59.0 Å². The molecule has 0 saturated carbocycles. The lowest BCUT2D eigenvalue weighted by molar-refractivity contribution is 0.0657. The summed E-state index contributed by atoms with van der Waals surface area (Å²) >= 11 is 0. The van der Waals surface area contributed by atoms with Gasteiger partial charge in [-0.2, -0.15) is 0 Å². The zero-order valence-electron chi connectivity index (χ0n) is 18.4. The Bertz CT molecular complexity index is 1020. The van der Waals surface area contributed by atoms with Gasteiger partial charge < -0.3 is 19.4 Å². The van der Waals surface area contributed by atoms with Crippen molar-refractivity contribution in [2.24, 2.45) is 0 Å². The van der Waals surface area contributed by atoms with Crippen LogP contribution in [-0.4, -0.2) is 18.1 Å². The van der Waals surface area contributed by atoms with Crippen LogP contribution in [0.15, 0.2) is 65.3 Å². The highest BCUT2D eigenvalue weighted by atomic mass is 16.5. The highest BCUT2D eigenvalue weighted by molar-refractivity contribution is 5.95. The molecule has 5 nitrogen and oxygen atoms in total. The van der Waals surface area contributed by atoms with E-state index >= 15 is 0 Å². The topological polar surface area (TPSA) is 54.7 Å². The van der Waals surface area contributed by atoms with E-state index in [1.54, 1.807) is 12.3 Å². The average molecular weight is 419 g/mol. The number of benzene rings is 2. The lowest BCUT2D eigenvalue weighted by atomic mass is 10.1. The van der Waals surface area contributed by atoms with E-state index in [4.69, 9.17) is 9.15 Å². The Hall–Kier alpha value is -3.05. The lowest BCUT2D eigenvalue weighted by Crippen LogP contribution is -2.30. The molecule has 1 N–H and O–H groups in total. The van der Waals surface area contributed by atoms with E-state index in [1.165, 1.54) is 11.3 Å². The lowest BCUT2D eigenvalue weighted by Gasteiger charge is -2.24. The molecule has 0 spiro atoms. The minimum atomic E-state index is -0.115. The molecule has 2 aromatic carbocycles. The molecular weight excluding hydrogens is 388 g/mol. The van der Waals surface area contributed by atoms with Crippen LogP contribution in [-0.2, 0) is 30.9 Å². The van der Waals surface area contributed by atoms with Crippen molar-refractivity contribution >= 4 is 11.6 Å². The largest absolute Gasteiger partial charge is 0.467 e. The van der Waals surface area contributed by atoms with Crippen LogP contribution in [0.5, 0.6) is 0 Å². The Morgan fingerprint density at radius 3 is 2.65 bits per heavy atom. The van der Waals surface area contributed by atoms with Crippen molar-refractivity contribution in [3.63, 3.8) is 0 Å². The number of carbonyl (C=O) groups excluding carboxylic acids is 1. The summed E-state index contributed by atoms with van der Waals surface area (Å²) in [5.41, 5.74) is 5.34. The van der Waals surface area contributed by atoms with E-state index in [-0.39, 0.29) is 12.0 Å². The first-order chi connectivity index (χ1) is 15.0. The normalized spacial score (nSPS) is 15.4. The zero-order chi connectivity index (χ0) is 21.8. The van der Waals surface area contributed by atoms with E-state index in [9.17, 15) is 4.79 Å². The molecule has 1 amide bonds. The van der Waals surface area contributed by atoms with Crippen molar-refractivity contribution in [3.8, 4) is 0 Å². The second kappa shape index (κ2) is 9.40. The van der Waals surface area contributed by atoms with Crippen LogP contribution in [0, 0.1) is 0 Å². The monoisotopic (exact) mass is 418 g/mol. The molecule has 0 fully saturated rings.